The Labute approximate surface area is 122 Å². The molecule has 0 N–H and O–H groups in total. The van der Waals surface area contributed by atoms with Crippen LogP contribution in [-0.4, -0.2) is 33.4 Å². The largest absolute Gasteiger partial charge is 0.495 e. The zero-order valence-corrected chi connectivity index (χ0v) is 14.1. The maximum Gasteiger partial charge on any atom is 0.249 e. The summed E-state index contributed by atoms with van der Waals surface area (Å²) in [5.41, 5.74) is 0. The quantitative estimate of drug-likeness (QED) is 0.676. The fourth-order valence-electron chi connectivity index (χ4n) is 2.06. The second kappa shape index (κ2) is 7.11. The maximum atomic E-state index is 9.44. The van der Waals surface area contributed by atoms with E-state index in [-0.39, 0.29) is 0 Å². The van der Waals surface area contributed by atoms with Crippen LogP contribution in [0.25, 0.3) is 0 Å². The molecule has 0 aromatic carbocycles. The topological polar surface area (TPSA) is 60.7 Å². The lowest BCUT2D eigenvalue weighted by Crippen LogP contribution is -2.52. The first-order chi connectivity index (χ1) is 9.37. The van der Waals surface area contributed by atoms with Crippen molar-refractivity contribution in [2.45, 2.75) is 58.2 Å². The summed E-state index contributed by atoms with van der Waals surface area (Å²) in [7, 11) is -1.87. The smallest absolute Gasteiger partial charge is 0.249 e. The van der Waals surface area contributed by atoms with E-state index in [2.05, 4.69) is 6.07 Å². The minimum absolute atomic E-state index is 0.463. The highest BCUT2D eigenvalue weighted by Gasteiger charge is 2.46. The van der Waals surface area contributed by atoms with E-state index in [1.54, 1.807) is 6.26 Å². The molecule has 6 heteroatoms. The van der Waals surface area contributed by atoms with Crippen LogP contribution >= 0.6 is 0 Å². The number of hydrogen-bond acceptors (Lipinski definition) is 5. The van der Waals surface area contributed by atoms with Gasteiger partial charge in [-0.2, -0.15) is 5.26 Å². The van der Waals surface area contributed by atoms with Crippen LogP contribution in [0, 0.1) is 11.3 Å². The highest BCUT2D eigenvalue weighted by molar-refractivity contribution is 6.69. The average molecular weight is 299 g/mol. The third-order valence-corrected chi connectivity index (χ3v) is 3.76. The Balaban J connectivity index is 2.90. The molecule has 114 valence electrons. The number of nitrogens with zero attached hydrogens (tertiary/aromatic N) is 1. The molecule has 0 unspecified atom stereocenters. The molecule has 0 spiro atoms. The molecule has 0 amide bonds. The molecule has 0 aliphatic carbocycles. The molecule has 1 heterocycles. The monoisotopic (exact) mass is 299 g/mol. The molecule has 1 aliphatic heterocycles. The molecule has 0 saturated carbocycles. The zero-order valence-electron chi connectivity index (χ0n) is 13.1. The first-order valence-electron chi connectivity index (χ1n) is 7.08. The van der Waals surface area contributed by atoms with Crippen molar-refractivity contribution in [2.24, 2.45) is 0 Å². The minimum Gasteiger partial charge on any atom is -0.495 e. The van der Waals surface area contributed by atoms with Crippen LogP contribution in [0.3, 0.4) is 0 Å². The second-order valence-corrected chi connectivity index (χ2v) is 10.1. The fourth-order valence-corrected chi connectivity index (χ4v) is 3.00. The summed E-state index contributed by atoms with van der Waals surface area (Å²) in [6.07, 6.45) is 2.06. The van der Waals surface area contributed by atoms with E-state index in [4.69, 9.17) is 18.6 Å². The third kappa shape index (κ3) is 4.51. The molecule has 20 heavy (non-hydrogen) atoms. The Hall–Kier alpha value is -1.03. The van der Waals surface area contributed by atoms with Crippen LogP contribution in [0.5, 0.6) is 0 Å². The number of allylic oxidation sites excluding steroid dienone is 1. The normalized spacial score (nSPS) is 24.3. The lowest BCUT2D eigenvalue weighted by Gasteiger charge is -2.40. The molecule has 0 radical (unpaired) electrons. The van der Waals surface area contributed by atoms with Gasteiger partial charge in [-0.1, -0.05) is 0 Å². The Morgan fingerprint density at radius 1 is 1.40 bits per heavy atom. The SMILES string of the molecule is CCOC1=CO[C@@](OCC)([C@H](C#N)O[Si](C)(C)C)CC1. The Morgan fingerprint density at radius 3 is 2.50 bits per heavy atom. The van der Waals surface area contributed by atoms with Crippen molar-refractivity contribution in [3.8, 4) is 6.07 Å². The van der Waals surface area contributed by atoms with E-state index in [1.807, 2.05) is 33.5 Å². The van der Waals surface area contributed by atoms with Crippen LogP contribution in [0.15, 0.2) is 12.0 Å². The molecule has 0 aromatic rings. The van der Waals surface area contributed by atoms with E-state index in [1.165, 1.54) is 0 Å². The van der Waals surface area contributed by atoms with Gasteiger partial charge in [0.25, 0.3) is 0 Å². The van der Waals surface area contributed by atoms with Gasteiger partial charge in [-0.05, 0) is 33.5 Å². The predicted molar refractivity (Wildman–Crippen MR) is 78.2 cm³/mol. The van der Waals surface area contributed by atoms with E-state index in [9.17, 15) is 5.26 Å². The van der Waals surface area contributed by atoms with Crippen molar-refractivity contribution < 1.29 is 18.6 Å². The summed E-state index contributed by atoms with van der Waals surface area (Å²) in [6, 6.07) is 2.19. The fraction of sp³-hybridized carbons (Fsp3) is 0.786. The van der Waals surface area contributed by atoms with Crippen molar-refractivity contribution in [3.63, 3.8) is 0 Å². The molecule has 1 aliphatic rings. The van der Waals surface area contributed by atoms with Gasteiger partial charge in [-0.25, -0.2) is 0 Å². The Bertz CT molecular complexity index is 386. The van der Waals surface area contributed by atoms with Crippen LogP contribution in [0.1, 0.15) is 26.7 Å². The van der Waals surface area contributed by atoms with Gasteiger partial charge < -0.3 is 18.6 Å². The molecule has 1 rings (SSSR count). The lowest BCUT2D eigenvalue weighted by atomic mass is 10.0. The van der Waals surface area contributed by atoms with Gasteiger partial charge in [0.2, 0.25) is 5.79 Å². The molecule has 5 nitrogen and oxygen atoms in total. The molecule has 0 saturated heterocycles. The molecular formula is C14H25NO4Si. The number of hydrogen-bond donors (Lipinski definition) is 0. The first kappa shape index (κ1) is 17.0. The van der Waals surface area contributed by atoms with E-state index in [0.717, 1.165) is 5.76 Å². The van der Waals surface area contributed by atoms with Crippen molar-refractivity contribution in [3.05, 3.63) is 12.0 Å². The number of nitriles is 1. The van der Waals surface area contributed by atoms with Crippen LogP contribution in [-0.2, 0) is 18.6 Å². The summed E-state index contributed by atoms with van der Waals surface area (Å²) in [5.74, 6) is -0.239. The van der Waals surface area contributed by atoms with Gasteiger partial charge in [-0.3, -0.25) is 0 Å². The predicted octanol–water partition coefficient (Wildman–Crippen LogP) is 3.15. The summed E-state index contributed by atoms with van der Waals surface area (Å²) in [4.78, 5) is 0. The lowest BCUT2D eigenvalue weighted by molar-refractivity contribution is -0.251. The highest BCUT2D eigenvalue weighted by atomic mass is 28.4. The van der Waals surface area contributed by atoms with E-state index >= 15 is 0 Å². The molecule has 0 aromatic heterocycles. The highest BCUT2D eigenvalue weighted by Crippen LogP contribution is 2.34. The van der Waals surface area contributed by atoms with Crippen molar-refractivity contribution in [2.75, 3.05) is 13.2 Å². The minimum atomic E-state index is -1.87. The van der Waals surface area contributed by atoms with Crippen molar-refractivity contribution in [1.29, 1.82) is 5.26 Å². The summed E-state index contributed by atoms with van der Waals surface area (Å²) in [6.45, 7) is 11.0. The van der Waals surface area contributed by atoms with Gasteiger partial charge in [0.05, 0.1) is 6.61 Å². The average Bonchev–Trinajstić information content (AvgIpc) is 2.38. The first-order valence-corrected chi connectivity index (χ1v) is 10.5. The Kier molecular flexibility index (Phi) is 6.05. The van der Waals surface area contributed by atoms with Gasteiger partial charge in [0.15, 0.2) is 14.4 Å². The second-order valence-electron chi connectivity index (χ2n) is 5.62. The standard InChI is InChI=1S/C14H25NO4Si/c1-6-16-12-8-9-14(17-7-2,18-11-12)13(10-15)19-20(3,4)5/h11,13H,6-9H2,1-5H3/t13-,14+/m0/s1. The number of ether oxygens (including phenoxy) is 3. The van der Waals surface area contributed by atoms with E-state index in [0.29, 0.717) is 26.1 Å². The van der Waals surface area contributed by atoms with E-state index < -0.39 is 20.2 Å². The zero-order chi connectivity index (χ0) is 15.2. The molecule has 2 atom stereocenters. The third-order valence-electron chi connectivity index (χ3n) is 2.82. The maximum absolute atomic E-state index is 9.44. The molecular weight excluding hydrogens is 274 g/mol. The summed E-state index contributed by atoms with van der Waals surface area (Å²) in [5, 5.41) is 9.44. The van der Waals surface area contributed by atoms with Crippen LogP contribution in [0.2, 0.25) is 19.6 Å². The van der Waals surface area contributed by atoms with Crippen molar-refractivity contribution in [1.82, 2.24) is 0 Å². The molecule has 0 fully saturated rings. The summed E-state index contributed by atoms with van der Waals surface area (Å²) < 4.78 is 22.9. The summed E-state index contributed by atoms with van der Waals surface area (Å²) >= 11 is 0. The van der Waals surface area contributed by atoms with Crippen LogP contribution in [0.4, 0.5) is 0 Å². The van der Waals surface area contributed by atoms with Gasteiger partial charge >= 0.3 is 0 Å². The van der Waals surface area contributed by atoms with Crippen LogP contribution < -0.4 is 0 Å². The van der Waals surface area contributed by atoms with Gasteiger partial charge in [0, 0.05) is 19.4 Å². The number of rotatable bonds is 7. The Morgan fingerprint density at radius 2 is 2.10 bits per heavy atom. The molecule has 0 bridgehead atoms. The van der Waals surface area contributed by atoms with Gasteiger partial charge in [-0.15, -0.1) is 0 Å². The van der Waals surface area contributed by atoms with Crippen molar-refractivity contribution >= 4 is 8.32 Å². The van der Waals surface area contributed by atoms with Gasteiger partial charge in [0.1, 0.15) is 18.1 Å².